The molecule has 0 aromatic carbocycles. The van der Waals surface area contributed by atoms with E-state index in [2.05, 4.69) is 25.3 Å². The van der Waals surface area contributed by atoms with Crippen LogP contribution in [0.4, 0.5) is 0 Å². The van der Waals surface area contributed by atoms with E-state index in [0.717, 1.165) is 30.6 Å². The van der Waals surface area contributed by atoms with Crippen LogP contribution in [-0.2, 0) is 0 Å². The van der Waals surface area contributed by atoms with Gasteiger partial charge in [-0.2, -0.15) is 0 Å². The first-order valence-corrected chi connectivity index (χ1v) is 5.71. The summed E-state index contributed by atoms with van der Waals surface area (Å²) < 4.78 is 0. The number of hydrogen-bond acceptors (Lipinski definition) is 2. The minimum absolute atomic E-state index is 0.102. The van der Waals surface area contributed by atoms with Crippen molar-refractivity contribution in [3.05, 3.63) is 12.3 Å². The zero-order valence-corrected chi connectivity index (χ0v) is 9.79. The van der Waals surface area contributed by atoms with Gasteiger partial charge in [0.15, 0.2) is 0 Å². The van der Waals surface area contributed by atoms with Crippen LogP contribution in [-0.4, -0.2) is 24.0 Å². The molecule has 2 nitrogen and oxygen atoms in total. The predicted octanol–water partition coefficient (Wildman–Crippen LogP) is 2.22. The van der Waals surface area contributed by atoms with Crippen molar-refractivity contribution < 1.29 is 0 Å². The fraction of sp³-hybridized carbons (Fsp3) is 0.833. The molecule has 82 valence electrons. The van der Waals surface area contributed by atoms with Crippen LogP contribution in [0.5, 0.6) is 0 Å². The topological polar surface area (TPSA) is 29.3 Å². The van der Waals surface area contributed by atoms with E-state index < -0.39 is 0 Å². The summed E-state index contributed by atoms with van der Waals surface area (Å²) in [5, 5.41) is 0. The van der Waals surface area contributed by atoms with Crippen molar-refractivity contribution in [3.8, 4) is 0 Å². The summed E-state index contributed by atoms with van der Waals surface area (Å²) in [6.07, 6.45) is 2.59. The second kappa shape index (κ2) is 4.83. The number of nitrogens with zero attached hydrogens (tertiary/aromatic N) is 1. The highest BCUT2D eigenvalue weighted by molar-refractivity contribution is 5.02. The van der Waals surface area contributed by atoms with Crippen molar-refractivity contribution in [3.63, 3.8) is 0 Å². The molecule has 0 amide bonds. The molecule has 1 aliphatic heterocycles. The Morgan fingerprint density at radius 2 is 1.79 bits per heavy atom. The van der Waals surface area contributed by atoms with Crippen molar-refractivity contribution >= 4 is 0 Å². The zero-order chi connectivity index (χ0) is 10.7. The van der Waals surface area contributed by atoms with E-state index in [1.165, 1.54) is 12.8 Å². The van der Waals surface area contributed by atoms with Crippen molar-refractivity contribution in [1.29, 1.82) is 0 Å². The second-order valence-electron chi connectivity index (χ2n) is 4.85. The molecule has 0 radical (unpaired) electrons. The molecule has 0 aliphatic carbocycles. The molecule has 0 aromatic rings. The molecule has 1 heterocycles. The van der Waals surface area contributed by atoms with E-state index in [9.17, 15) is 0 Å². The van der Waals surface area contributed by atoms with Gasteiger partial charge in [-0.15, -0.1) is 0 Å². The SMILES string of the molecule is C=C([C@H](C)N)N1CCC(C(C)C)CC1. The molecular weight excluding hydrogens is 172 g/mol. The molecule has 14 heavy (non-hydrogen) atoms. The lowest BCUT2D eigenvalue weighted by atomic mass is 9.86. The lowest BCUT2D eigenvalue weighted by Crippen LogP contribution is -2.39. The third kappa shape index (κ3) is 2.74. The Labute approximate surface area is 88.2 Å². The molecule has 0 bridgehead atoms. The summed E-state index contributed by atoms with van der Waals surface area (Å²) in [5.74, 6) is 1.72. The Hall–Kier alpha value is -0.500. The van der Waals surface area contributed by atoms with Gasteiger partial charge in [0.05, 0.1) is 0 Å². The summed E-state index contributed by atoms with van der Waals surface area (Å²) in [7, 11) is 0. The highest BCUT2D eigenvalue weighted by Crippen LogP contribution is 2.26. The molecule has 1 atom stereocenters. The van der Waals surface area contributed by atoms with Crippen LogP contribution in [0.2, 0.25) is 0 Å². The smallest absolute Gasteiger partial charge is 0.0411 e. The van der Waals surface area contributed by atoms with E-state index in [-0.39, 0.29) is 6.04 Å². The number of hydrogen-bond donors (Lipinski definition) is 1. The van der Waals surface area contributed by atoms with Crippen molar-refractivity contribution in [1.82, 2.24) is 4.90 Å². The zero-order valence-electron chi connectivity index (χ0n) is 9.79. The average molecular weight is 196 g/mol. The van der Waals surface area contributed by atoms with E-state index in [0.29, 0.717) is 0 Å². The predicted molar refractivity (Wildman–Crippen MR) is 61.9 cm³/mol. The van der Waals surface area contributed by atoms with Crippen LogP contribution in [0.15, 0.2) is 12.3 Å². The highest BCUT2D eigenvalue weighted by atomic mass is 15.2. The second-order valence-corrected chi connectivity index (χ2v) is 4.85. The largest absolute Gasteiger partial charge is 0.374 e. The maximum absolute atomic E-state index is 5.82. The maximum Gasteiger partial charge on any atom is 0.0411 e. The van der Waals surface area contributed by atoms with Gasteiger partial charge in [0.1, 0.15) is 0 Å². The van der Waals surface area contributed by atoms with Gasteiger partial charge < -0.3 is 10.6 Å². The van der Waals surface area contributed by atoms with Gasteiger partial charge in [-0.3, -0.25) is 0 Å². The number of nitrogens with two attached hydrogens (primary N) is 1. The maximum atomic E-state index is 5.82. The normalized spacial score (nSPS) is 21.4. The van der Waals surface area contributed by atoms with Crippen LogP contribution < -0.4 is 5.73 Å². The molecule has 0 saturated carbocycles. The summed E-state index contributed by atoms with van der Waals surface area (Å²) >= 11 is 0. The van der Waals surface area contributed by atoms with Crippen molar-refractivity contribution in [2.24, 2.45) is 17.6 Å². The first-order chi connectivity index (χ1) is 6.52. The van der Waals surface area contributed by atoms with Gasteiger partial charge in [-0.25, -0.2) is 0 Å². The van der Waals surface area contributed by atoms with Crippen LogP contribution in [0.3, 0.4) is 0 Å². The minimum Gasteiger partial charge on any atom is -0.374 e. The molecule has 1 saturated heterocycles. The molecule has 1 fully saturated rings. The number of rotatable bonds is 3. The summed E-state index contributed by atoms with van der Waals surface area (Å²) in [4.78, 5) is 2.35. The van der Waals surface area contributed by atoms with Gasteiger partial charge >= 0.3 is 0 Å². The standard InChI is InChI=1S/C12H24N2/c1-9(2)12-5-7-14(8-6-12)11(4)10(3)13/h9-10,12H,4-8,13H2,1-3H3/t10-/m0/s1. The van der Waals surface area contributed by atoms with Crippen molar-refractivity contribution in [2.75, 3.05) is 13.1 Å². The van der Waals surface area contributed by atoms with Crippen LogP contribution in [0, 0.1) is 11.8 Å². The molecule has 2 N–H and O–H groups in total. The molecular formula is C12H24N2. The van der Waals surface area contributed by atoms with E-state index in [1.807, 2.05) is 6.92 Å². The third-order valence-electron chi connectivity index (χ3n) is 3.41. The Balaban J connectivity index is 2.39. The summed E-state index contributed by atoms with van der Waals surface area (Å²) in [6.45, 7) is 13.0. The first-order valence-electron chi connectivity index (χ1n) is 5.71. The average Bonchev–Trinajstić information content (AvgIpc) is 2.16. The van der Waals surface area contributed by atoms with E-state index in [1.54, 1.807) is 0 Å². The Bertz CT molecular complexity index is 188. The van der Waals surface area contributed by atoms with E-state index >= 15 is 0 Å². The fourth-order valence-electron chi connectivity index (χ4n) is 2.14. The monoisotopic (exact) mass is 196 g/mol. The summed E-state index contributed by atoms with van der Waals surface area (Å²) in [5.41, 5.74) is 6.92. The quantitative estimate of drug-likeness (QED) is 0.750. The lowest BCUT2D eigenvalue weighted by Gasteiger charge is -2.37. The van der Waals surface area contributed by atoms with Crippen LogP contribution in [0.25, 0.3) is 0 Å². The molecule has 0 unspecified atom stereocenters. The molecule has 1 rings (SSSR count). The molecule has 0 spiro atoms. The van der Waals surface area contributed by atoms with E-state index in [4.69, 9.17) is 5.73 Å². The van der Waals surface area contributed by atoms with Gasteiger partial charge in [0, 0.05) is 24.8 Å². The Morgan fingerprint density at radius 1 is 1.29 bits per heavy atom. The number of piperidine rings is 1. The lowest BCUT2D eigenvalue weighted by molar-refractivity contribution is 0.185. The third-order valence-corrected chi connectivity index (χ3v) is 3.41. The van der Waals surface area contributed by atoms with Crippen LogP contribution >= 0.6 is 0 Å². The van der Waals surface area contributed by atoms with Gasteiger partial charge in [-0.1, -0.05) is 20.4 Å². The van der Waals surface area contributed by atoms with Gasteiger partial charge in [0.25, 0.3) is 0 Å². The minimum atomic E-state index is 0.102. The van der Waals surface area contributed by atoms with Gasteiger partial charge in [-0.05, 0) is 31.6 Å². The highest BCUT2D eigenvalue weighted by Gasteiger charge is 2.22. The summed E-state index contributed by atoms with van der Waals surface area (Å²) in [6, 6.07) is 0.102. The molecule has 1 aliphatic rings. The van der Waals surface area contributed by atoms with Gasteiger partial charge in [0.2, 0.25) is 0 Å². The number of likely N-dealkylation sites (tertiary alicyclic amines) is 1. The molecule has 0 aromatic heterocycles. The van der Waals surface area contributed by atoms with Crippen molar-refractivity contribution in [2.45, 2.75) is 39.7 Å². The first kappa shape index (κ1) is 11.6. The fourth-order valence-corrected chi connectivity index (χ4v) is 2.14. The molecule has 2 heteroatoms. The Morgan fingerprint density at radius 3 is 2.14 bits per heavy atom. The Kier molecular flexibility index (Phi) is 3.99. The van der Waals surface area contributed by atoms with Crippen LogP contribution in [0.1, 0.15) is 33.6 Å².